The van der Waals surface area contributed by atoms with E-state index in [1.165, 1.54) is 12.2 Å². The Kier molecular flexibility index (Phi) is 4.98. The summed E-state index contributed by atoms with van der Waals surface area (Å²) < 4.78 is 5.89. The molecule has 94 valence electrons. The maximum atomic E-state index is 6.16. The van der Waals surface area contributed by atoms with Crippen LogP contribution in [0, 0.1) is 0 Å². The molecule has 0 bridgehead atoms. The van der Waals surface area contributed by atoms with Gasteiger partial charge in [0.05, 0.1) is 11.6 Å². The average molecular weight is 274 g/mol. The summed E-state index contributed by atoms with van der Waals surface area (Å²) in [5.41, 5.74) is 0.947. The summed E-state index contributed by atoms with van der Waals surface area (Å²) in [5.74, 6) is 8.05. The van der Waals surface area contributed by atoms with E-state index in [9.17, 15) is 0 Å². The number of halogens is 1. The molecule has 1 aromatic rings. The van der Waals surface area contributed by atoms with E-state index in [1.54, 1.807) is 0 Å². The van der Waals surface area contributed by atoms with Gasteiger partial charge in [-0.25, -0.2) is 5.90 Å². The number of hydrogen-bond donors (Lipinski definition) is 1. The second-order valence-electron chi connectivity index (χ2n) is 4.03. The molecule has 1 fully saturated rings. The zero-order valence-corrected chi connectivity index (χ0v) is 11.1. The molecule has 5 heteroatoms. The maximum absolute atomic E-state index is 6.16. The van der Waals surface area contributed by atoms with Gasteiger partial charge < -0.3 is 4.74 Å². The van der Waals surface area contributed by atoms with Gasteiger partial charge in [-0.1, -0.05) is 17.7 Å². The zero-order chi connectivity index (χ0) is 12.1. The van der Waals surface area contributed by atoms with Crippen LogP contribution >= 0.6 is 23.4 Å². The van der Waals surface area contributed by atoms with Gasteiger partial charge in [0.15, 0.2) is 0 Å². The largest absolute Gasteiger partial charge is 0.488 e. The molecule has 1 saturated heterocycles. The standard InChI is InChI=1S/C12H16ClNO2S/c13-11-6-9(7-15-14)3-4-12(11)16-10-2-1-5-17-8-10/h3-4,6,10H,1-2,5,7-8,14H2. The van der Waals surface area contributed by atoms with E-state index in [0.29, 0.717) is 11.6 Å². The van der Waals surface area contributed by atoms with E-state index in [1.807, 2.05) is 30.0 Å². The molecule has 2 N–H and O–H groups in total. The molecular formula is C12H16ClNO2S. The molecule has 17 heavy (non-hydrogen) atoms. The molecule has 1 atom stereocenters. The third kappa shape index (κ3) is 3.78. The number of rotatable bonds is 4. The molecule has 0 aromatic heterocycles. The molecule has 0 radical (unpaired) electrons. The Labute approximate surface area is 111 Å². The molecule has 0 aliphatic carbocycles. The second kappa shape index (κ2) is 6.50. The van der Waals surface area contributed by atoms with Crippen LogP contribution in [-0.2, 0) is 11.4 Å². The van der Waals surface area contributed by atoms with E-state index in [-0.39, 0.29) is 6.10 Å². The summed E-state index contributed by atoms with van der Waals surface area (Å²) in [6.45, 7) is 0.360. The summed E-state index contributed by atoms with van der Waals surface area (Å²) in [7, 11) is 0. The molecule has 1 unspecified atom stereocenters. The van der Waals surface area contributed by atoms with Gasteiger partial charge >= 0.3 is 0 Å². The monoisotopic (exact) mass is 273 g/mol. The Morgan fingerprint density at radius 3 is 3.00 bits per heavy atom. The minimum absolute atomic E-state index is 0.280. The quantitative estimate of drug-likeness (QED) is 0.857. The molecule has 0 saturated carbocycles. The first kappa shape index (κ1) is 13.0. The first-order chi connectivity index (χ1) is 8.29. The average Bonchev–Trinajstić information content (AvgIpc) is 2.34. The topological polar surface area (TPSA) is 44.5 Å². The van der Waals surface area contributed by atoms with Crippen molar-refractivity contribution >= 4 is 23.4 Å². The molecule has 0 amide bonds. The SMILES string of the molecule is NOCc1ccc(OC2CCCSC2)c(Cl)c1. The Balaban J connectivity index is 2.00. The molecule has 1 aliphatic rings. The maximum Gasteiger partial charge on any atom is 0.138 e. The van der Waals surface area contributed by atoms with Gasteiger partial charge in [0.1, 0.15) is 11.9 Å². The van der Waals surface area contributed by atoms with Crippen LogP contribution in [0.5, 0.6) is 5.75 Å². The summed E-state index contributed by atoms with van der Waals surface area (Å²) >= 11 is 8.09. The fourth-order valence-corrected chi connectivity index (χ4v) is 3.09. The van der Waals surface area contributed by atoms with Crippen LogP contribution in [0.2, 0.25) is 5.02 Å². The predicted molar refractivity (Wildman–Crippen MR) is 71.4 cm³/mol. The highest BCUT2D eigenvalue weighted by Gasteiger charge is 2.16. The van der Waals surface area contributed by atoms with E-state index in [4.69, 9.17) is 22.2 Å². The van der Waals surface area contributed by atoms with Crippen molar-refractivity contribution < 1.29 is 9.57 Å². The van der Waals surface area contributed by atoms with Gasteiger partial charge in [0.2, 0.25) is 0 Å². The van der Waals surface area contributed by atoms with Crippen molar-refractivity contribution in [1.82, 2.24) is 0 Å². The highest BCUT2D eigenvalue weighted by atomic mass is 35.5. The zero-order valence-electron chi connectivity index (χ0n) is 9.52. The van der Waals surface area contributed by atoms with E-state index >= 15 is 0 Å². The van der Waals surface area contributed by atoms with Crippen LogP contribution < -0.4 is 10.6 Å². The van der Waals surface area contributed by atoms with Gasteiger partial charge in [-0.05, 0) is 36.3 Å². The molecule has 3 nitrogen and oxygen atoms in total. The Morgan fingerprint density at radius 1 is 1.47 bits per heavy atom. The lowest BCUT2D eigenvalue weighted by Crippen LogP contribution is -2.23. The van der Waals surface area contributed by atoms with Crippen LogP contribution in [0.1, 0.15) is 18.4 Å². The van der Waals surface area contributed by atoms with Gasteiger partial charge in [-0.2, -0.15) is 11.8 Å². The van der Waals surface area contributed by atoms with Crippen molar-refractivity contribution in [2.75, 3.05) is 11.5 Å². The van der Waals surface area contributed by atoms with E-state index in [2.05, 4.69) is 4.84 Å². The number of ether oxygens (including phenoxy) is 1. The van der Waals surface area contributed by atoms with Gasteiger partial charge in [-0.15, -0.1) is 0 Å². The normalized spacial score (nSPS) is 20.2. The molecule has 1 aliphatic heterocycles. The minimum atomic E-state index is 0.280. The minimum Gasteiger partial charge on any atom is -0.488 e. The molecule has 1 heterocycles. The van der Waals surface area contributed by atoms with Crippen molar-refractivity contribution in [3.05, 3.63) is 28.8 Å². The molecular weight excluding hydrogens is 258 g/mol. The Hall–Kier alpha value is -0.420. The third-order valence-electron chi connectivity index (χ3n) is 2.66. The van der Waals surface area contributed by atoms with Crippen LogP contribution in [0.25, 0.3) is 0 Å². The first-order valence-electron chi connectivity index (χ1n) is 5.64. The number of nitrogens with two attached hydrogens (primary N) is 1. The smallest absolute Gasteiger partial charge is 0.138 e. The second-order valence-corrected chi connectivity index (χ2v) is 5.59. The first-order valence-corrected chi connectivity index (χ1v) is 7.17. The Bertz CT molecular complexity index is 370. The molecule has 0 spiro atoms. The van der Waals surface area contributed by atoms with Crippen molar-refractivity contribution in [2.24, 2.45) is 5.90 Å². The lowest BCUT2D eigenvalue weighted by Gasteiger charge is -2.23. The number of hydrogen-bond acceptors (Lipinski definition) is 4. The lowest BCUT2D eigenvalue weighted by atomic mass is 10.2. The van der Waals surface area contributed by atoms with E-state index in [0.717, 1.165) is 23.5 Å². The van der Waals surface area contributed by atoms with Crippen molar-refractivity contribution in [3.8, 4) is 5.75 Å². The summed E-state index contributed by atoms with van der Waals surface area (Å²) in [4.78, 5) is 4.57. The van der Waals surface area contributed by atoms with E-state index < -0.39 is 0 Å². The van der Waals surface area contributed by atoms with Crippen LogP contribution in [-0.4, -0.2) is 17.6 Å². The lowest BCUT2D eigenvalue weighted by molar-refractivity contribution is 0.124. The van der Waals surface area contributed by atoms with Crippen molar-refractivity contribution in [1.29, 1.82) is 0 Å². The summed E-state index contributed by atoms with van der Waals surface area (Å²) in [6.07, 6.45) is 2.60. The number of thioether (sulfide) groups is 1. The Morgan fingerprint density at radius 2 is 2.35 bits per heavy atom. The molecule has 1 aromatic carbocycles. The highest BCUT2D eigenvalue weighted by Crippen LogP contribution is 2.29. The summed E-state index contributed by atoms with van der Waals surface area (Å²) in [5, 5.41) is 0.620. The van der Waals surface area contributed by atoms with Crippen molar-refractivity contribution in [2.45, 2.75) is 25.6 Å². The van der Waals surface area contributed by atoms with Crippen LogP contribution in [0.4, 0.5) is 0 Å². The van der Waals surface area contributed by atoms with Crippen molar-refractivity contribution in [3.63, 3.8) is 0 Å². The fraction of sp³-hybridized carbons (Fsp3) is 0.500. The third-order valence-corrected chi connectivity index (χ3v) is 4.14. The van der Waals surface area contributed by atoms with Crippen LogP contribution in [0.15, 0.2) is 18.2 Å². The highest BCUT2D eigenvalue weighted by molar-refractivity contribution is 7.99. The van der Waals surface area contributed by atoms with Crippen LogP contribution in [0.3, 0.4) is 0 Å². The van der Waals surface area contributed by atoms with Gasteiger partial charge in [0, 0.05) is 5.75 Å². The van der Waals surface area contributed by atoms with Gasteiger partial charge in [-0.3, -0.25) is 4.84 Å². The van der Waals surface area contributed by atoms with Gasteiger partial charge in [0.25, 0.3) is 0 Å². The predicted octanol–water partition coefficient (Wildman–Crippen LogP) is 3.00. The number of benzene rings is 1. The fourth-order valence-electron chi connectivity index (χ4n) is 1.81. The molecule has 2 rings (SSSR count). The summed E-state index contributed by atoms with van der Waals surface area (Å²) in [6, 6.07) is 5.64.